The van der Waals surface area contributed by atoms with Gasteiger partial charge in [-0.3, -0.25) is 0 Å². The molecule has 2 heteroatoms. The first kappa shape index (κ1) is 21.0. The fourth-order valence-electron chi connectivity index (χ4n) is 5.89. The zero-order valence-corrected chi connectivity index (χ0v) is 20.6. The summed E-state index contributed by atoms with van der Waals surface area (Å²) in [5.41, 5.74) is 4.05. The Morgan fingerprint density at radius 3 is 1.92 bits per heavy atom. The van der Waals surface area contributed by atoms with Gasteiger partial charge in [0.2, 0.25) is 0 Å². The number of hydrogen-bond acceptors (Lipinski definition) is 2. The van der Waals surface area contributed by atoms with Crippen LogP contribution < -0.4 is 0 Å². The smallest absolute Gasteiger partial charge is 0.161 e. The van der Waals surface area contributed by atoms with Crippen molar-refractivity contribution in [2.24, 2.45) is 0 Å². The summed E-state index contributed by atoms with van der Waals surface area (Å²) in [5.74, 6) is 0.749. The van der Waals surface area contributed by atoms with Crippen molar-refractivity contribution in [2.45, 2.75) is 0 Å². The van der Waals surface area contributed by atoms with Crippen molar-refractivity contribution in [3.05, 3.63) is 133 Å². The molecule has 0 fully saturated rings. The second kappa shape index (κ2) is 8.22. The van der Waals surface area contributed by atoms with Gasteiger partial charge in [0.25, 0.3) is 0 Å². The molecule has 1 heterocycles. The van der Waals surface area contributed by atoms with Gasteiger partial charge in [0.15, 0.2) is 5.82 Å². The molecule has 0 bridgehead atoms. The Kier molecular flexibility index (Phi) is 4.55. The Balaban J connectivity index is 1.52. The molecule has 7 aromatic carbocycles. The van der Waals surface area contributed by atoms with Crippen LogP contribution in [0.5, 0.6) is 0 Å². The van der Waals surface area contributed by atoms with E-state index in [0.29, 0.717) is 0 Å². The molecular weight excluding hydrogens is 460 g/mol. The molecule has 2 nitrogen and oxygen atoms in total. The quantitative estimate of drug-likeness (QED) is 0.229. The SMILES string of the molecule is c1ccc(-c2nc(-c3cccc4ccc5ccc6c7ccccc7ccc6c5c34)nc3ccccc23)cc1. The van der Waals surface area contributed by atoms with E-state index in [9.17, 15) is 0 Å². The molecule has 0 amide bonds. The molecule has 0 N–H and O–H groups in total. The molecule has 0 aliphatic rings. The normalized spacial score (nSPS) is 11.7. The topological polar surface area (TPSA) is 25.8 Å². The number of nitrogens with zero attached hydrogens (tertiary/aromatic N) is 2. The number of hydrogen-bond donors (Lipinski definition) is 0. The molecule has 0 aliphatic heterocycles. The minimum Gasteiger partial charge on any atom is -0.228 e. The summed E-state index contributed by atoms with van der Waals surface area (Å²) in [4.78, 5) is 10.3. The van der Waals surface area contributed by atoms with Gasteiger partial charge in [-0.25, -0.2) is 9.97 Å². The Bertz CT molecular complexity index is 2180. The van der Waals surface area contributed by atoms with Gasteiger partial charge in [-0.2, -0.15) is 0 Å². The average molecular weight is 483 g/mol. The first-order valence-electron chi connectivity index (χ1n) is 12.9. The lowest BCUT2D eigenvalue weighted by molar-refractivity contribution is 1.23. The second-order valence-electron chi connectivity index (χ2n) is 9.79. The van der Waals surface area contributed by atoms with Crippen molar-refractivity contribution in [1.29, 1.82) is 0 Å². The Labute approximate surface area is 219 Å². The number of para-hydroxylation sites is 1. The van der Waals surface area contributed by atoms with Gasteiger partial charge in [-0.15, -0.1) is 0 Å². The van der Waals surface area contributed by atoms with Gasteiger partial charge >= 0.3 is 0 Å². The van der Waals surface area contributed by atoms with Crippen molar-refractivity contribution in [3.63, 3.8) is 0 Å². The minimum atomic E-state index is 0.749. The molecule has 8 rings (SSSR count). The second-order valence-corrected chi connectivity index (χ2v) is 9.79. The van der Waals surface area contributed by atoms with Crippen LogP contribution >= 0.6 is 0 Å². The first-order chi connectivity index (χ1) is 18.8. The summed E-state index contributed by atoms with van der Waals surface area (Å²) >= 11 is 0. The molecule has 0 radical (unpaired) electrons. The summed E-state index contributed by atoms with van der Waals surface area (Å²) in [6.45, 7) is 0. The highest BCUT2D eigenvalue weighted by atomic mass is 14.9. The molecule has 8 aromatic rings. The maximum atomic E-state index is 5.22. The summed E-state index contributed by atoms with van der Waals surface area (Å²) in [6.07, 6.45) is 0. The van der Waals surface area contributed by atoms with E-state index in [0.717, 1.165) is 33.5 Å². The van der Waals surface area contributed by atoms with Gasteiger partial charge in [0.1, 0.15) is 0 Å². The van der Waals surface area contributed by atoms with Gasteiger partial charge in [0.05, 0.1) is 11.2 Å². The highest BCUT2D eigenvalue weighted by molar-refractivity contribution is 6.27. The molecule has 0 saturated heterocycles. The van der Waals surface area contributed by atoms with Gasteiger partial charge in [0, 0.05) is 21.9 Å². The summed E-state index contributed by atoms with van der Waals surface area (Å²) < 4.78 is 0. The van der Waals surface area contributed by atoms with Crippen LogP contribution in [0.2, 0.25) is 0 Å². The zero-order chi connectivity index (χ0) is 25.1. The fourth-order valence-corrected chi connectivity index (χ4v) is 5.89. The third-order valence-electron chi connectivity index (χ3n) is 7.64. The summed E-state index contributed by atoms with van der Waals surface area (Å²) in [7, 11) is 0. The summed E-state index contributed by atoms with van der Waals surface area (Å²) in [5, 5.41) is 11.0. The fraction of sp³-hybridized carbons (Fsp3) is 0. The van der Waals surface area contributed by atoms with E-state index in [4.69, 9.17) is 9.97 Å². The van der Waals surface area contributed by atoms with Crippen molar-refractivity contribution >= 4 is 54.0 Å². The van der Waals surface area contributed by atoms with Crippen LogP contribution in [0.15, 0.2) is 133 Å². The Hall–Kier alpha value is -5.08. The lowest BCUT2D eigenvalue weighted by Crippen LogP contribution is -1.96. The van der Waals surface area contributed by atoms with E-state index < -0.39 is 0 Å². The molecular formula is C36H22N2. The molecule has 38 heavy (non-hydrogen) atoms. The van der Waals surface area contributed by atoms with E-state index in [1.165, 1.54) is 43.1 Å². The van der Waals surface area contributed by atoms with Gasteiger partial charge in [-0.05, 0) is 43.8 Å². The van der Waals surface area contributed by atoms with Gasteiger partial charge < -0.3 is 0 Å². The molecule has 1 aromatic heterocycles. The van der Waals surface area contributed by atoms with Crippen LogP contribution in [0.3, 0.4) is 0 Å². The van der Waals surface area contributed by atoms with Crippen LogP contribution in [-0.4, -0.2) is 9.97 Å². The predicted molar refractivity (Wildman–Crippen MR) is 160 cm³/mol. The van der Waals surface area contributed by atoms with Crippen LogP contribution in [0.4, 0.5) is 0 Å². The van der Waals surface area contributed by atoms with Crippen molar-refractivity contribution in [2.75, 3.05) is 0 Å². The predicted octanol–water partition coefficient (Wildman–Crippen LogP) is 9.58. The molecule has 0 saturated carbocycles. The van der Waals surface area contributed by atoms with Crippen LogP contribution in [0.1, 0.15) is 0 Å². The highest BCUT2D eigenvalue weighted by Crippen LogP contribution is 2.40. The Morgan fingerprint density at radius 1 is 0.368 bits per heavy atom. The maximum Gasteiger partial charge on any atom is 0.161 e. The standard InChI is InChI=1S/C36H22N2/c1-2-10-26(11-3-1)35-30-14-6-7-16-32(30)37-36(38-35)31-15-8-12-24-17-18-25-20-21-28-27-13-5-4-9-23(27)19-22-29(28)33(25)34(24)31/h1-22H. The lowest BCUT2D eigenvalue weighted by Gasteiger charge is -2.14. The van der Waals surface area contributed by atoms with Crippen LogP contribution in [0, 0.1) is 0 Å². The zero-order valence-electron chi connectivity index (χ0n) is 20.6. The Morgan fingerprint density at radius 2 is 1.03 bits per heavy atom. The molecule has 0 spiro atoms. The van der Waals surface area contributed by atoms with E-state index in [1.807, 2.05) is 12.1 Å². The van der Waals surface area contributed by atoms with Crippen LogP contribution in [-0.2, 0) is 0 Å². The lowest BCUT2D eigenvalue weighted by atomic mass is 9.91. The summed E-state index contributed by atoms with van der Waals surface area (Å²) in [6, 6.07) is 47.3. The first-order valence-corrected chi connectivity index (χ1v) is 12.9. The number of benzene rings is 7. The molecule has 0 aliphatic carbocycles. The number of fused-ring (bicyclic) bond motifs is 8. The molecule has 176 valence electrons. The van der Waals surface area contributed by atoms with Gasteiger partial charge in [-0.1, -0.05) is 127 Å². The minimum absolute atomic E-state index is 0.749. The van der Waals surface area contributed by atoms with E-state index in [2.05, 4.69) is 121 Å². The molecule has 0 atom stereocenters. The van der Waals surface area contributed by atoms with Crippen molar-refractivity contribution < 1.29 is 0 Å². The number of rotatable bonds is 2. The van der Waals surface area contributed by atoms with Crippen LogP contribution in [0.25, 0.3) is 76.6 Å². The largest absolute Gasteiger partial charge is 0.228 e. The molecule has 0 unspecified atom stereocenters. The van der Waals surface area contributed by atoms with E-state index in [-0.39, 0.29) is 0 Å². The van der Waals surface area contributed by atoms with E-state index >= 15 is 0 Å². The third kappa shape index (κ3) is 3.14. The monoisotopic (exact) mass is 482 g/mol. The van der Waals surface area contributed by atoms with Crippen molar-refractivity contribution in [3.8, 4) is 22.6 Å². The van der Waals surface area contributed by atoms with E-state index in [1.54, 1.807) is 0 Å². The van der Waals surface area contributed by atoms with Crippen molar-refractivity contribution in [1.82, 2.24) is 9.97 Å². The number of aromatic nitrogens is 2. The highest BCUT2D eigenvalue weighted by Gasteiger charge is 2.16. The average Bonchev–Trinajstić information content (AvgIpc) is 3.00. The third-order valence-corrected chi connectivity index (χ3v) is 7.64. The maximum absolute atomic E-state index is 5.22.